The van der Waals surface area contributed by atoms with Gasteiger partial charge in [0, 0.05) is 0 Å². The van der Waals surface area contributed by atoms with Crippen LogP contribution in [0.5, 0.6) is 0 Å². The Labute approximate surface area is 173 Å². The third kappa shape index (κ3) is 5.07. The minimum Gasteiger partial charge on any atom is -0.276 e. The highest BCUT2D eigenvalue weighted by molar-refractivity contribution is 7.92. The standard InChI is InChI=1S/C23H29N3O2S/c1-16(2)14-20-10-12-22(13-11-20)29(27,28)25-23-18(4)24-26(19(23)5)15-21-8-6-17(3)7-9-21/h6-13,16,25H,14-15H2,1-5H3. The highest BCUT2D eigenvalue weighted by Gasteiger charge is 2.20. The second kappa shape index (κ2) is 8.41. The SMILES string of the molecule is Cc1ccc(Cn2nc(C)c(NS(=O)(=O)c3ccc(CC(C)C)cc3)c2C)cc1. The number of nitrogens with one attached hydrogen (secondary N) is 1. The van der Waals surface area contributed by atoms with Crippen LogP contribution in [0.25, 0.3) is 0 Å². The van der Waals surface area contributed by atoms with Crippen molar-refractivity contribution in [2.75, 3.05) is 4.72 Å². The predicted molar refractivity (Wildman–Crippen MR) is 118 cm³/mol. The fourth-order valence-electron chi connectivity index (χ4n) is 3.33. The van der Waals surface area contributed by atoms with E-state index < -0.39 is 10.0 Å². The minimum absolute atomic E-state index is 0.259. The monoisotopic (exact) mass is 411 g/mol. The molecule has 1 heterocycles. The van der Waals surface area contributed by atoms with Crippen molar-refractivity contribution in [1.29, 1.82) is 0 Å². The first-order valence-corrected chi connectivity index (χ1v) is 11.4. The van der Waals surface area contributed by atoms with Crippen LogP contribution in [0.15, 0.2) is 53.4 Å². The van der Waals surface area contributed by atoms with E-state index in [1.807, 2.05) is 30.7 Å². The number of hydrogen-bond acceptors (Lipinski definition) is 3. The van der Waals surface area contributed by atoms with Crippen LogP contribution in [0.3, 0.4) is 0 Å². The zero-order valence-corrected chi connectivity index (χ0v) is 18.5. The lowest BCUT2D eigenvalue weighted by atomic mass is 10.0. The molecule has 0 amide bonds. The zero-order chi connectivity index (χ0) is 21.2. The second-order valence-electron chi connectivity index (χ2n) is 8.04. The van der Waals surface area contributed by atoms with Crippen molar-refractivity contribution < 1.29 is 8.42 Å². The first-order valence-electron chi connectivity index (χ1n) is 9.87. The summed E-state index contributed by atoms with van der Waals surface area (Å²) in [5.74, 6) is 0.528. The average Bonchev–Trinajstić information content (AvgIpc) is 2.91. The normalized spacial score (nSPS) is 11.8. The molecular formula is C23H29N3O2S. The van der Waals surface area contributed by atoms with Gasteiger partial charge in [0.05, 0.1) is 28.5 Å². The molecule has 1 aromatic heterocycles. The zero-order valence-electron chi connectivity index (χ0n) is 17.7. The Morgan fingerprint density at radius 2 is 1.52 bits per heavy atom. The summed E-state index contributed by atoms with van der Waals surface area (Å²) in [6.07, 6.45) is 0.928. The van der Waals surface area contributed by atoms with Gasteiger partial charge in [0.2, 0.25) is 0 Å². The van der Waals surface area contributed by atoms with Crippen molar-refractivity contribution in [3.63, 3.8) is 0 Å². The predicted octanol–water partition coefficient (Wildman–Crippen LogP) is 4.86. The van der Waals surface area contributed by atoms with E-state index in [4.69, 9.17) is 0 Å². The van der Waals surface area contributed by atoms with E-state index in [1.54, 1.807) is 12.1 Å². The van der Waals surface area contributed by atoms with E-state index in [9.17, 15) is 8.42 Å². The summed E-state index contributed by atoms with van der Waals surface area (Å²) in [7, 11) is -3.67. The number of nitrogens with zero attached hydrogens (tertiary/aromatic N) is 2. The number of anilines is 1. The Morgan fingerprint density at radius 3 is 2.10 bits per heavy atom. The van der Waals surface area contributed by atoms with Gasteiger partial charge in [-0.3, -0.25) is 9.40 Å². The van der Waals surface area contributed by atoms with Crippen LogP contribution < -0.4 is 4.72 Å². The number of rotatable bonds is 7. The molecule has 0 bridgehead atoms. The Hall–Kier alpha value is -2.60. The Balaban J connectivity index is 1.81. The van der Waals surface area contributed by atoms with Gasteiger partial charge in [-0.15, -0.1) is 0 Å². The average molecular weight is 412 g/mol. The van der Waals surface area contributed by atoms with Crippen LogP contribution in [-0.2, 0) is 23.0 Å². The first kappa shape index (κ1) is 21.1. The summed E-state index contributed by atoms with van der Waals surface area (Å²) in [6.45, 7) is 10.6. The fourth-order valence-corrected chi connectivity index (χ4v) is 4.51. The number of aryl methyl sites for hydroxylation is 2. The molecule has 0 fully saturated rings. The van der Waals surface area contributed by atoms with Crippen molar-refractivity contribution in [3.8, 4) is 0 Å². The van der Waals surface area contributed by atoms with Crippen LogP contribution in [-0.4, -0.2) is 18.2 Å². The fraction of sp³-hybridized carbons (Fsp3) is 0.348. The molecule has 0 saturated carbocycles. The highest BCUT2D eigenvalue weighted by Crippen LogP contribution is 2.24. The Kier molecular flexibility index (Phi) is 6.13. The summed E-state index contributed by atoms with van der Waals surface area (Å²) in [5, 5.41) is 4.54. The molecule has 3 rings (SSSR count). The first-order chi connectivity index (χ1) is 13.7. The van der Waals surface area contributed by atoms with E-state index in [2.05, 4.69) is 54.9 Å². The number of aromatic nitrogens is 2. The number of benzene rings is 2. The Bertz CT molecular complexity index is 1080. The van der Waals surface area contributed by atoms with Crippen LogP contribution in [0, 0.1) is 26.7 Å². The third-order valence-electron chi connectivity index (χ3n) is 4.95. The van der Waals surface area contributed by atoms with Gasteiger partial charge in [-0.05, 0) is 56.4 Å². The summed E-state index contributed by atoms with van der Waals surface area (Å²) in [5.41, 5.74) is 5.46. The van der Waals surface area contributed by atoms with Gasteiger partial charge in [-0.25, -0.2) is 8.42 Å². The molecule has 29 heavy (non-hydrogen) atoms. The lowest BCUT2D eigenvalue weighted by Gasteiger charge is -2.11. The Morgan fingerprint density at radius 1 is 0.931 bits per heavy atom. The van der Waals surface area contributed by atoms with E-state index in [0.29, 0.717) is 23.8 Å². The molecule has 5 nitrogen and oxygen atoms in total. The highest BCUT2D eigenvalue weighted by atomic mass is 32.2. The molecule has 0 aliphatic rings. The molecule has 6 heteroatoms. The van der Waals surface area contributed by atoms with Crippen LogP contribution >= 0.6 is 0 Å². The van der Waals surface area contributed by atoms with Crippen molar-refractivity contribution >= 4 is 15.7 Å². The summed E-state index contributed by atoms with van der Waals surface area (Å²) in [4.78, 5) is 0.259. The van der Waals surface area contributed by atoms with E-state index in [-0.39, 0.29) is 4.90 Å². The number of hydrogen-bond donors (Lipinski definition) is 1. The van der Waals surface area contributed by atoms with E-state index in [1.165, 1.54) is 5.56 Å². The molecule has 0 aliphatic heterocycles. The van der Waals surface area contributed by atoms with Crippen molar-refractivity contribution in [2.24, 2.45) is 5.92 Å². The van der Waals surface area contributed by atoms with Crippen molar-refractivity contribution in [1.82, 2.24) is 9.78 Å². The van der Waals surface area contributed by atoms with Crippen LogP contribution in [0.4, 0.5) is 5.69 Å². The van der Waals surface area contributed by atoms with Gasteiger partial charge in [0.15, 0.2) is 0 Å². The molecule has 0 radical (unpaired) electrons. The van der Waals surface area contributed by atoms with Gasteiger partial charge in [-0.1, -0.05) is 55.8 Å². The van der Waals surface area contributed by atoms with Gasteiger partial charge in [-0.2, -0.15) is 5.10 Å². The summed E-state index contributed by atoms with van der Waals surface area (Å²) < 4.78 is 30.4. The molecule has 0 unspecified atom stereocenters. The molecule has 154 valence electrons. The maximum absolute atomic E-state index is 12.9. The molecule has 0 atom stereocenters. The van der Waals surface area contributed by atoms with Crippen molar-refractivity contribution in [2.45, 2.75) is 52.5 Å². The van der Waals surface area contributed by atoms with Crippen LogP contribution in [0.1, 0.15) is 41.9 Å². The molecule has 0 spiro atoms. The molecule has 3 aromatic rings. The maximum Gasteiger partial charge on any atom is 0.262 e. The largest absolute Gasteiger partial charge is 0.276 e. The quantitative estimate of drug-likeness (QED) is 0.604. The molecule has 0 saturated heterocycles. The molecular weight excluding hydrogens is 382 g/mol. The van der Waals surface area contributed by atoms with Crippen LogP contribution in [0.2, 0.25) is 0 Å². The maximum atomic E-state index is 12.9. The van der Waals surface area contributed by atoms with Crippen molar-refractivity contribution in [3.05, 3.63) is 76.6 Å². The van der Waals surface area contributed by atoms with Gasteiger partial charge >= 0.3 is 0 Å². The van der Waals surface area contributed by atoms with Gasteiger partial charge < -0.3 is 0 Å². The smallest absolute Gasteiger partial charge is 0.262 e. The molecule has 1 N–H and O–H groups in total. The minimum atomic E-state index is -3.67. The lowest BCUT2D eigenvalue weighted by molar-refractivity contribution is 0.601. The summed E-state index contributed by atoms with van der Waals surface area (Å²) >= 11 is 0. The van der Waals surface area contributed by atoms with Gasteiger partial charge in [0.1, 0.15) is 0 Å². The topological polar surface area (TPSA) is 64.0 Å². The molecule has 2 aromatic carbocycles. The summed E-state index contributed by atoms with van der Waals surface area (Å²) in [6, 6.07) is 15.4. The van der Waals surface area contributed by atoms with Gasteiger partial charge in [0.25, 0.3) is 10.0 Å². The number of sulfonamides is 1. The van der Waals surface area contributed by atoms with E-state index in [0.717, 1.165) is 23.2 Å². The van der Waals surface area contributed by atoms with E-state index >= 15 is 0 Å². The second-order valence-corrected chi connectivity index (χ2v) is 9.72. The lowest BCUT2D eigenvalue weighted by Crippen LogP contribution is -2.14. The third-order valence-corrected chi connectivity index (χ3v) is 6.31. The molecule has 0 aliphatic carbocycles.